The Morgan fingerprint density at radius 2 is 2.06 bits per heavy atom. The molecule has 3 nitrogen and oxygen atoms in total. The second-order valence-electron chi connectivity index (χ2n) is 5.10. The van der Waals surface area contributed by atoms with Gasteiger partial charge < -0.3 is 5.73 Å². The number of hydrogen-bond acceptors (Lipinski definition) is 3. The van der Waals surface area contributed by atoms with Gasteiger partial charge in [-0.25, -0.2) is 8.42 Å². The summed E-state index contributed by atoms with van der Waals surface area (Å²) in [5, 5.41) is -0.114. The number of hydrogen-bond donors (Lipinski definition) is 1. The minimum absolute atomic E-state index is 0.116. The molecule has 1 aliphatic rings. The molecule has 1 aromatic carbocycles. The quantitative estimate of drug-likeness (QED) is 0.849. The molecule has 2 unspecified atom stereocenters. The Balaban J connectivity index is 2.42. The van der Waals surface area contributed by atoms with Crippen LogP contribution >= 0.6 is 11.6 Å². The summed E-state index contributed by atoms with van der Waals surface area (Å²) in [4.78, 5) is 0.116. The minimum atomic E-state index is -3.41. The van der Waals surface area contributed by atoms with E-state index in [0.29, 0.717) is 18.8 Å². The summed E-state index contributed by atoms with van der Waals surface area (Å²) in [5.41, 5.74) is 6.04. The minimum Gasteiger partial charge on any atom is -0.398 e. The molecule has 0 radical (unpaired) electrons. The van der Waals surface area contributed by atoms with Crippen LogP contribution in [0.1, 0.15) is 32.6 Å². The number of nitrogen functional groups attached to an aromatic ring is 1. The van der Waals surface area contributed by atoms with E-state index in [1.807, 2.05) is 0 Å². The zero-order chi connectivity index (χ0) is 13.3. The Morgan fingerprint density at radius 1 is 1.33 bits per heavy atom. The van der Waals surface area contributed by atoms with Gasteiger partial charge in [0, 0.05) is 0 Å². The van der Waals surface area contributed by atoms with Crippen LogP contribution in [0.15, 0.2) is 23.1 Å². The molecule has 1 saturated carbocycles. The van der Waals surface area contributed by atoms with Gasteiger partial charge in [0.1, 0.15) is 4.90 Å². The fourth-order valence-electron chi connectivity index (χ4n) is 2.65. The average Bonchev–Trinajstić information content (AvgIpc) is 2.28. The van der Waals surface area contributed by atoms with E-state index in [1.165, 1.54) is 0 Å². The number of halogens is 1. The molecule has 18 heavy (non-hydrogen) atoms. The van der Waals surface area contributed by atoms with Gasteiger partial charge in [0.05, 0.1) is 16.0 Å². The summed E-state index contributed by atoms with van der Waals surface area (Å²) >= 11 is 6.01. The van der Waals surface area contributed by atoms with Crippen LogP contribution in [0, 0.1) is 5.92 Å². The van der Waals surface area contributed by atoms with E-state index in [4.69, 9.17) is 17.3 Å². The smallest absolute Gasteiger partial charge is 0.184 e. The van der Waals surface area contributed by atoms with Gasteiger partial charge in [0.25, 0.3) is 0 Å². The Kier molecular flexibility index (Phi) is 3.87. The van der Waals surface area contributed by atoms with Crippen molar-refractivity contribution in [1.29, 1.82) is 0 Å². The summed E-state index contributed by atoms with van der Waals surface area (Å²) in [6.45, 7) is 2.09. The molecule has 1 fully saturated rings. The lowest BCUT2D eigenvalue weighted by Crippen LogP contribution is -2.28. The highest BCUT2D eigenvalue weighted by Gasteiger charge is 2.34. The standard InChI is InChI=1S/C13H18ClNO2S/c1-9-4-2-5-10(8-9)18(16,17)13-11(14)6-3-7-12(13)15/h3,6-7,9-10H,2,4-5,8,15H2,1H3. The van der Waals surface area contributed by atoms with Crippen LogP contribution in [-0.4, -0.2) is 13.7 Å². The van der Waals surface area contributed by atoms with Crippen LogP contribution in [0.25, 0.3) is 0 Å². The number of anilines is 1. The monoisotopic (exact) mass is 287 g/mol. The summed E-state index contributed by atoms with van der Waals surface area (Å²) in [7, 11) is -3.41. The second kappa shape index (κ2) is 5.10. The predicted octanol–water partition coefficient (Wildman–Crippen LogP) is 3.27. The average molecular weight is 288 g/mol. The van der Waals surface area contributed by atoms with Crippen LogP contribution < -0.4 is 5.73 Å². The van der Waals surface area contributed by atoms with E-state index in [-0.39, 0.29) is 20.9 Å². The molecule has 0 heterocycles. The van der Waals surface area contributed by atoms with Crippen molar-refractivity contribution in [2.75, 3.05) is 5.73 Å². The maximum absolute atomic E-state index is 12.6. The third-order valence-electron chi connectivity index (χ3n) is 3.61. The van der Waals surface area contributed by atoms with Gasteiger partial charge >= 0.3 is 0 Å². The van der Waals surface area contributed by atoms with Gasteiger partial charge in [-0.3, -0.25) is 0 Å². The highest BCUT2D eigenvalue weighted by molar-refractivity contribution is 7.92. The summed E-state index contributed by atoms with van der Waals surface area (Å²) in [6.07, 6.45) is 3.46. The SMILES string of the molecule is CC1CCCC(S(=O)(=O)c2c(N)cccc2Cl)C1. The largest absolute Gasteiger partial charge is 0.398 e. The highest BCUT2D eigenvalue weighted by atomic mass is 35.5. The molecule has 1 aliphatic carbocycles. The molecule has 0 amide bonds. The number of rotatable bonds is 2. The van der Waals surface area contributed by atoms with E-state index in [0.717, 1.165) is 12.8 Å². The molecular formula is C13H18ClNO2S. The van der Waals surface area contributed by atoms with E-state index in [2.05, 4.69) is 6.92 Å². The fourth-order valence-corrected chi connectivity index (χ4v) is 5.29. The van der Waals surface area contributed by atoms with Crippen molar-refractivity contribution in [3.8, 4) is 0 Å². The van der Waals surface area contributed by atoms with Crippen molar-refractivity contribution in [3.63, 3.8) is 0 Å². The molecule has 0 spiro atoms. The first-order valence-electron chi connectivity index (χ1n) is 6.21. The summed E-state index contributed by atoms with van der Waals surface area (Å²) in [5.74, 6) is 0.447. The lowest BCUT2D eigenvalue weighted by atomic mass is 9.91. The third-order valence-corrected chi connectivity index (χ3v) is 6.37. The van der Waals surface area contributed by atoms with Crippen LogP contribution in [0.3, 0.4) is 0 Å². The Morgan fingerprint density at radius 3 is 2.67 bits per heavy atom. The van der Waals surface area contributed by atoms with Crippen molar-refractivity contribution >= 4 is 27.1 Å². The van der Waals surface area contributed by atoms with Crippen molar-refractivity contribution in [2.45, 2.75) is 42.8 Å². The van der Waals surface area contributed by atoms with Crippen LogP contribution in [0.4, 0.5) is 5.69 Å². The van der Waals surface area contributed by atoms with E-state index >= 15 is 0 Å². The zero-order valence-electron chi connectivity index (χ0n) is 10.4. The van der Waals surface area contributed by atoms with Crippen LogP contribution in [-0.2, 0) is 9.84 Å². The third kappa shape index (κ3) is 2.50. The highest BCUT2D eigenvalue weighted by Crippen LogP contribution is 2.36. The first kappa shape index (κ1) is 13.7. The maximum atomic E-state index is 12.6. The van der Waals surface area contributed by atoms with Crippen molar-refractivity contribution < 1.29 is 8.42 Å². The van der Waals surface area contributed by atoms with Gasteiger partial charge in [-0.15, -0.1) is 0 Å². The fraction of sp³-hybridized carbons (Fsp3) is 0.538. The van der Waals surface area contributed by atoms with E-state index in [9.17, 15) is 8.42 Å². The lowest BCUT2D eigenvalue weighted by Gasteiger charge is -2.27. The Bertz CT molecular complexity index is 522. The van der Waals surface area contributed by atoms with Gasteiger partial charge in [-0.1, -0.05) is 37.4 Å². The van der Waals surface area contributed by atoms with Crippen molar-refractivity contribution in [2.24, 2.45) is 5.92 Å². The molecule has 0 aliphatic heterocycles. The molecule has 0 saturated heterocycles. The first-order chi connectivity index (χ1) is 8.43. The van der Waals surface area contributed by atoms with Gasteiger partial charge in [0.15, 0.2) is 9.84 Å². The van der Waals surface area contributed by atoms with Crippen LogP contribution in [0.5, 0.6) is 0 Å². The van der Waals surface area contributed by atoms with Gasteiger partial charge in [0.2, 0.25) is 0 Å². The van der Waals surface area contributed by atoms with Crippen molar-refractivity contribution in [1.82, 2.24) is 0 Å². The molecule has 100 valence electrons. The Labute approximate surface area is 113 Å². The molecular weight excluding hydrogens is 270 g/mol. The van der Waals surface area contributed by atoms with Gasteiger partial charge in [-0.2, -0.15) is 0 Å². The zero-order valence-corrected chi connectivity index (χ0v) is 12.0. The normalized spacial score (nSPS) is 25.0. The molecule has 0 bridgehead atoms. The summed E-state index contributed by atoms with van der Waals surface area (Å²) < 4.78 is 25.2. The van der Waals surface area contributed by atoms with Gasteiger partial charge in [-0.05, 0) is 30.9 Å². The van der Waals surface area contributed by atoms with Crippen LogP contribution in [0.2, 0.25) is 5.02 Å². The predicted molar refractivity (Wildman–Crippen MR) is 74.5 cm³/mol. The molecule has 1 aromatic rings. The molecule has 2 N–H and O–H groups in total. The number of nitrogens with two attached hydrogens (primary N) is 1. The maximum Gasteiger partial charge on any atom is 0.184 e. The van der Waals surface area contributed by atoms with Crippen molar-refractivity contribution in [3.05, 3.63) is 23.2 Å². The first-order valence-corrected chi connectivity index (χ1v) is 8.13. The number of sulfone groups is 1. The molecule has 0 aromatic heterocycles. The lowest BCUT2D eigenvalue weighted by molar-refractivity contribution is 0.382. The van der Waals surface area contributed by atoms with E-state index in [1.54, 1.807) is 18.2 Å². The number of benzene rings is 1. The summed E-state index contributed by atoms with van der Waals surface area (Å²) in [6, 6.07) is 4.84. The molecule has 2 atom stereocenters. The topological polar surface area (TPSA) is 60.2 Å². The molecule has 5 heteroatoms. The second-order valence-corrected chi connectivity index (χ2v) is 7.67. The Hall–Kier alpha value is -0.740. The molecule has 2 rings (SSSR count). The van der Waals surface area contributed by atoms with E-state index < -0.39 is 9.84 Å².